The Labute approximate surface area is 66.8 Å². The summed E-state index contributed by atoms with van der Waals surface area (Å²) in [5, 5.41) is 1.26. The van der Waals surface area contributed by atoms with Gasteiger partial charge in [-0.3, -0.25) is 0 Å². The standard InChI is InChI=1S/CH2S4.Mo/c1-2-4-5-3-1;/h1H2;. The van der Waals surface area contributed by atoms with Gasteiger partial charge in [0, 0.05) is 21.1 Å². The quantitative estimate of drug-likeness (QED) is 0.469. The van der Waals surface area contributed by atoms with Crippen LogP contribution in [0.5, 0.6) is 0 Å². The predicted molar refractivity (Wildman–Crippen MR) is 35.2 cm³/mol. The summed E-state index contributed by atoms with van der Waals surface area (Å²) in [6.07, 6.45) is 0. The second kappa shape index (κ2) is 5.23. The molecule has 1 aliphatic heterocycles. The van der Waals surface area contributed by atoms with Crippen molar-refractivity contribution in [3.8, 4) is 0 Å². The van der Waals surface area contributed by atoms with Gasteiger partial charge in [-0.15, -0.1) is 0 Å². The molecule has 5 heteroatoms. The Morgan fingerprint density at radius 1 is 1.00 bits per heavy atom. The van der Waals surface area contributed by atoms with Crippen molar-refractivity contribution in [2.75, 3.05) is 5.08 Å². The van der Waals surface area contributed by atoms with Crippen LogP contribution >= 0.6 is 41.2 Å². The van der Waals surface area contributed by atoms with Gasteiger partial charge in [0.15, 0.2) is 0 Å². The largest absolute Gasteiger partial charge is 0.0698 e. The van der Waals surface area contributed by atoms with Crippen LogP contribution in [0.4, 0.5) is 0 Å². The molecule has 0 atom stereocenters. The minimum Gasteiger partial charge on any atom is -0.0698 e. The molecule has 0 aromatic heterocycles. The molecule has 0 unspecified atom stereocenters. The van der Waals surface area contributed by atoms with Gasteiger partial charge in [-0.2, -0.15) is 0 Å². The molecule has 1 fully saturated rings. The van der Waals surface area contributed by atoms with Gasteiger partial charge >= 0.3 is 0 Å². The Hall–Kier alpha value is 2.09. The van der Waals surface area contributed by atoms with Crippen molar-refractivity contribution in [3.05, 3.63) is 0 Å². The molecule has 0 radical (unpaired) electrons. The summed E-state index contributed by atoms with van der Waals surface area (Å²) in [5.41, 5.74) is 0. The minimum atomic E-state index is 0. The van der Waals surface area contributed by atoms with E-state index in [-0.39, 0.29) is 21.1 Å². The zero-order chi connectivity index (χ0) is 3.54. The van der Waals surface area contributed by atoms with Crippen molar-refractivity contribution < 1.29 is 21.1 Å². The summed E-state index contributed by atoms with van der Waals surface area (Å²) in [6, 6.07) is 0. The number of hydrogen-bond acceptors (Lipinski definition) is 4. The van der Waals surface area contributed by atoms with E-state index in [1.54, 1.807) is 0 Å². The molecule has 0 nitrogen and oxygen atoms in total. The average Bonchev–Trinajstić information content (AvgIpc) is 1.76. The van der Waals surface area contributed by atoms with Gasteiger partial charge < -0.3 is 0 Å². The second-order valence-corrected chi connectivity index (χ2v) is 6.86. The van der Waals surface area contributed by atoms with Gasteiger partial charge in [-0.25, -0.2) is 0 Å². The normalized spacial score (nSPS) is 20.0. The Morgan fingerprint density at radius 2 is 1.50 bits per heavy atom. The van der Waals surface area contributed by atoms with Crippen molar-refractivity contribution in [3.63, 3.8) is 0 Å². The Balaban J connectivity index is 0.000000250. The van der Waals surface area contributed by atoms with E-state index in [4.69, 9.17) is 0 Å². The van der Waals surface area contributed by atoms with E-state index in [9.17, 15) is 0 Å². The van der Waals surface area contributed by atoms with Gasteiger partial charge in [0.25, 0.3) is 0 Å². The van der Waals surface area contributed by atoms with Crippen LogP contribution in [-0.2, 0) is 21.1 Å². The molecule has 1 heterocycles. The van der Waals surface area contributed by atoms with Crippen molar-refractivity contribution in [1.82, 2.24) is 0 Å². The third-order valence-electron chi connectivity index (χ3n) is 0.220. The molecule has 0 aromatic rings. The molecule has 0 N–H and O–H groups in total. The van der Waals surface area contributed by atoms with Crippen LogP contribution in [-0.4, -0.2) is 5.08 Å². The summed E-state index contributed by atoms with van der Waals surface area (Å²) in [5.74, 6) is 0. The molecule has 1 aliphatic rings. The van der Waals surface area contributed by atoms with Crippen molar-refractivity contribution >= 4 is 41.2 Å². The third kappa shape index (κ3) is 3.14. The fourth-order valence-corrected chi connectivity index (χ4v) is 7.95. The van der Waals surface area contributed by atoms with Crippen LogP contribution in [0.25, 0.3) is 0 Å². The molecule has 0 bridgehead atoms. The van der Waals surface area contributed by atoms with Crippen LogP contribution in [0.15, 0.2) is 0 Å². The van der Waals surface area contributed by atoms with Crippen molar-refractivity contribution in [2.45, 2.75) is 0 Å². The molecule has 0 saturated carbocycles. The molecule has 1 saturated heterocycles. The summed E-state index contributed by atoms with van der Waals surface area (Å²) in [7, 11) is 7.57. The van der Waals surface area contributed by atoms with Gasteiger partial charge in [-0.05, 0) is 19.7 Å². The molecular formula is CH2MoS4. The third-order valence-corrected chi connectivity index (χ3v) is 7.45. The Morgan fingerprint density at radius 3 is 1.67 bits per heavy atom. The first kappa shape index (κ1) is 8.09. The van der Waals surface area contributed by atoms with E-state index in [1.165, 1.54) is 5.08 Å². The van der Waals surface area contributed by atoms with E-state index < -0.39 is 0 Å². The molecule has 6 heavy (non-hydrogen) atoms. The maximum Gasteiger partial charge on any atom is 0.0616 e. The van der Waals surface area contributed by atoms with Crippen LogP contribution in [0, 0.1) is 0 Å². The van der Waals surface area contributed by atoms with E-state index in [0.717, 1.165) is 0 Å². The first-order valence-corrected chi connectivity index (χ1v) is 6.23. The zero-order valence-electron chi connectivity index (χ0n) is 2.75. The Kier molecular flexibility index (Phi) is 7.05. The van der Waals surface area contributed by atoms with Crippen molar-refractivity contribution in [1.29, 1.82) is 0 Å². The molecular weight excluding hydrogens is 236 g/mol. The first-order valence-electron chi connectivity index (χ1n) is 1.08. The molecule has 36 valence electrons. The summed E-state index contributed by atoms with van der Waals surface area (Å²) >= 11 is 0. The monoisotopic (exact) mass is 240 g/mol. The van der Waals surface area contributed by atoms with E-state index in [1.807, 2.05) is 41.2 Å². The fraction of sp³-hybridized carbons (Fsp3) is 1.00. The summed E-state index contributed by atoms with van der Waals surface area (Å²) in [6.45, 7) is 0. The van der Waals surface area contributed by atoms with Gasteiger partial charge in [-0.1, -0.05) is 21.6 Å². The zero-order valence-corrected chi connectivity index (χ0v) is 8.02. The molecule has 0 aliphatic carbocycles. The molecule has 0 aromatic carbocycles. The van der Waals surface area contributed by atoms with Gasteiger partial charge in [0.05, 0.1) is 5.08 Å². The van der Waals surface area contributed by atoms with E-state index in [2.05, 4.69) is 0 Å². The van der Waals surface area contributed by atoms with E-state index in [0.29, 0.717) is 0 Å². The topological polar surface area (TPSA) is 0 Å². The van der Waals surface area contributed by atoms with Crippen LogP contribution in [0.3, 0.4) is 0 Å². The maximum atomic E-state index is 1.92. The second-order valence-electron chi connectivity index (χ2n) is 0.490. The van der Waals surface area contributed by atoms with Gasteiger partial charge in [0.1, 0.15) is 0 Å². The van der Waals surface area contributed by atoms with Crippen LogP contribution in [0.1, 0.15) is 0 Å². The SMILES string of the molecule is C1SSSS1.[Mo]. The smallest absolute Gasteiger partial charge is 0.0616 e. The minimum absolute atomic E-state index is 0. The van der Waals surface area contributed by atoms with Crippen LogP contribution < -0.4 is 0 Å². The van der Waals surface area contributed by atoms with Crippen LogP contribution in [0.2, 0.25) is 0 Å². The fourth-order valence-electron chi connectivity index (χ4n) is 0.0982. The molecule has 0 spiro atoms. The Bertz CT molecular complexity index is 19.1. The maximum absolute atomic E-state index is 1.92. The van der Waals surface area contributed by atoms with E-state index >= 15 is 0 Å². The summed E-state index contributed by atoms with van der Waals surface area (Å²) < 4.78 is 0. The predicted octanol–water partition coefficient (Wildman–Crippen LogP) is 2.63. The first-order chi connectivity index (χ1) is 2.50. The average molecular weight is 238 g/mol. The summed E-state index contributed by atoms with van der Waals surface area (Å²) in [4.78, 5) is 0. The molecule has 0 amide bonds. The van der Waals surface area contributed by atoms with Crippen molar-refractivity contribution in [2.24, 2.45) is 0 Å². The number of hydrogen-bond donors (Lipinski definition) is 0. The molecule has 1 rings (SSSR count). The number of rotatable bonds is 0. The van der Waals surface area contributed by atoms with Gasteiger partial charge in [0.2, 0.25) is 0 Å².